The quantitative estimate of drug-likeness (QED) is 0.0667. The monoisotopic (exact) mass is 1120 g/mol. The molecule has 0 aliphatic carbocycles. The molecule has 80 heavy (non-hydrogen) atoms. The number of nitrogens with two attached hydrogens (primary N) is 2. The van der Waals surface area contributed by atoms with Gasteiger partial charge in [0.25, 0.3) is 0 Å². The Kier molecular flexibility index (Phi) is 19.8. The molecule has 0 aromatic heterocycles. The minimum Gasteiger partial charge on any atom is -0.506 e. The molecule has 3 aromatic carbocycles. The summed E-state index contributed by atoms with van der Waals surface area (Å²) in [5.74, 6) is -9.12. The SMILES string of the molecule is CC(c1ccccc1)C1NC(=O)CNC(=O)C(CO)NC(=O)C(C(O)C2CN=C(N)N2C2OC(CO)C(O)C(O)C2O)NC(=O)C(C(O)C2CN=C(N)N2)NC(=O)C(Cc2ccc(O)c(NC(=O)OCc3ccccc3)c2)NC1=O. The summed E-state index contributed by atoms with van der Waals surface area (Å²) in [6.45, 7) is -2.25. The molecule has 4 aliphatic heterocycles. The van der Waals surface area contributed by atoms with E-state index in [0.29, 0.717) is 11.1 Å². The predicted octanol–water partition coefficient (Wildman–Crippen LogP) is -7.16. The van der Waals surface area contributed by atoms with Crippen LogP contribution in [0.2, 0.25) is 0 Å². The Balaban J connectivity index is 1.27. The number of aromatic hydroxyl groups is 1. The van der Waals surface area contributed by atoms with Gasteiger partial charge in [0, 0.05) is 12.3 Å². The molecule has 20 N–H and O–H groups in total. The van der Waals surface area contributed by atoms with Crippen LogP contribution in [0, 0.1) is 0 Å². The molecule has 0 radical (unpaired) electrons. The summed E-state index contributed by atoms with van der Waals surface area (Å²) in [6, 6.07) is 8.26. The van der Waals surface area contributed by atoms with Crippen molar-refractivity contribution in [3.63, 3.8) is 0 Å². The van der Waals surface area contributed by atoms with Gasteiger partial charge < -0.3 is 104 Å². The van der Waals surface area contributed by atoms with E-state index in [9.17, 15) is 74.4 Å². The lowest BCUT2D eigenvalue weighted by Crippen LogP contribution is -2.70. The molecular weight excluding hydrogens is 1050 g/mol. The lowest BCUT2D eigenvalue weighted by atomic mass is 9.92. The predicted molar refractivity (Wildman–Crippen MR) is 278 cm³/mol. The Morgan fingerprint density at radius 1 is 0.725 bits per heavy atom. The zero-order chi connectivity index (χ0) is 57.9. The topological polar surface area (TPSA) is 476 Å². The number of guanidine groups is 2. The Hall–Kier alpha value is -8.23. The van der Waals surface area contributed by atoms with Gasteiger partial charge in [-0.2, -0.15) is 0 Å². The minimum atomic E-state index is -2.31. The molecule has 30 nitrogen and oxygen atoms in total. The zero-order valence-electron chi connectivity index (χ0n) is 42.9. The molecule has 2 saturated heterocycles. The van der Waals surface area contributed by atoms with Gasteiger partial charge in [-0.3, -0.25) is 44.1 Å². The molecule has 0 bridgehead atoms. The molecular formula is C50H65N13O17. The van der Waals surface area contributed by atoms with E-state index in [1.165, 1.54) is 18.2 Å². The van der Waals surface area contributed by atoms with Gasteiger partial charge in [0.2, 0.25) is 35.4 Å². The van der Waals surface area contributed by atoms with Gasteiger partial charge in [-0.05, 0) is 28.8 Å². The summed E-state index contributed by atoms with van der Waals surface area (Å²) >= 11 is 0. The van der Waals surface area contributed by atoms with E-state index in [-0.39, 0.29) is 30.4 Å². The normalized spacial score (nSPS) is 29.3. The Morgan fingerprint density at radius 3 is 2.02 bits per heavy atom. The molecule has 4 aliphatic rings. The highest BCUT2D eigenvalue weighted by Crippen LogP contribution is 2.30. The van der Waals surface area contributed by atoms with Crippen molar-refractivity contribution >= 4 is 59.1 Å². The van der Waals surface area contributed by atoms with Crippen molar-refractivity contribution in [2.24, 2.45) is 21.5 Å². The first-order chi connectivity index (χ1) is 38.2. The van der Waals surface area contributed by atoms with Crippen molar-refractivity contribution in [1.82, 2.24) is 42.1 Å². The number of carbonyl (C=O) groups excluding carboxylic acids is 7. The van der Waals surface area contributed by atoms with E-state index < -0.39 is 177 Å². The number of amides is 7. The van der Waals surface area contributed by atoms with E-state index in [4.69, 9.17) is 20.9 Å². The Morgan fingerprint density at radius 2 is 1.36 bits per heavy atom. The fraction of sp³-hybridized carbons (Fsp3) is 0.460. The second-order valence-corrected chi connectivity index (χ2v) is 19.3. The van der Waals surface area contributed by atoms with Crippen LogP contribution < -0.4 is 54.0 Å². The molecule has 15 atom stereocenters. The van der Waals surface area contributed by atoms with Crippen LogP contribution in [-0.4, -0.2) is 217 Å². The van der Waals surface area contributed by atoms with Crippen LogP contribution in [0.1, 0.15) is 29.5 Å². The molecule has 15 unspecified atom stereocenters. The molecule has 0 saturated carbocycles. The molecule has 0 spiro atoms. The second-order valence-electron chi connectivity index (χ2n) is 19.3. The van der Waals surface area contributed by atoms with Crippen LogP contribution in [-0.2, 0) is 51.3 Å². The maximum absolute atomic E-state index is 15.0. The second kappa shape index (κ2) is 26.6. The number of aliphatic hydroxyl groups is 7. The first kappa shape index (κ1) is 59.4. The number of nitrogens with one attached hydrogen (secondary N) is 8. The van der Waals surface area contributed by atoms with E-state index >= 15 is 0 Å². The highest BCUT2D eigenvalue weighted by molar-refractivity contribution is 5.98. The van der Waals surface area contributed by atoms with E-state index in [2.05, 4.69) is 52.5 Å². The van der Waals surface area contributed by atoms with E-state index in [1.54, 1.807) is 67.6 Å². The first-order valence-corrected chi connectivity index (χ1v) is 25.2. The number of hydrogen-bond donors (Lipinski definition) is 18. The molecule has 3 aromatic rings. The van der Waals surface area contributed by atoms with Crippen LogP contribution in [0.25, 0.3) is 0 Å². The van der Waals surface area contributed by atoms with Crippen LogP contribution >= 0.6 is 0 Å². The zero-order valence-corrected chi connectivity index (χ0v) is 42.9. The molecule has 4 heterocycles. The number of ether oxygens (including phenoxy) is 2. The van der Waals surface area contributed by atoms with Gasteiger partial charge in [-0.25, -0.2) is 4.79 Å². The van der Waals surface area contributed by atoms with Crippen molar-refractivity contribution in [1.29, 1.82) is 0 Å². The van der Waals surface area contributed by atoms with Crippen LogP contribution in [0.5, 0.6) is 5.75 Å². The highest BCUT2D eigenvalue weighted by atomic mass is 16.6. The van der Waals surface area contributed by atoms with Crippen LogP contribution in [0.3, 0.4) is 0 Å². The fourth-order valence-electron chi connectivity index (χ4n) is 9.39. The molecule has 30 heteroatoms. The third-order valence-electron chi connectivity index (χ3n) is 13.9. The van der Waals surface area contributed by atoms with Crippen molar-refractivity contribution in [3.8, 4) is 5.75 Å². The van der Waals surface area contributed by atoms with Crippen molar-refractivity contribution in [2.75, 3.05) is 38.2 Å². The average molecular weight is 1120 g/mol. The summed E-state index contributed by atoms with van der Waals surface area (Å²) in [4.78, 5) is 109. The summed E-state index contributed by atoms with van der Waals surface area (Å²) in [5.41, 5.74) is 13.2. The number of aliphatic imine (C=N–C) groups is 2. The maximum Gasteiger partial charge on any atom is 0.412 e. The number of aliphatic hydroxyl groups excluding tert-OH is 7. The molecule has 7 amide bonds. The number of phenolic OH excluding ortho intramolecular Hbond substituents is 1. The summed E-state index contributed by atoms with van der Waals surface area (Å²) in [7, 11) is 0. The molecule has 2 fully saturated rings. The van der Waals surface area contributed by atoms with Crippen molar-refractivity contribution in [3.05, 3.63) is 95.6 Å². The summed E-state index contributed by atoms with van der Waals surface area (Å²) in [6.07, 6.45) is -14.9. The van der Waals surface area contributed by atoms with E-state index in [1.807, 2.05) is 0 Å². The number of carbonyl (C=O) groups is 7. The lowest BCUT2D eigenvalue weighted by Gasteiger charge is -2.46. The summed E-state index contributed by atoms with van der Waals surface area (Å²) in [5, 5.41) is 107. The van der Waals surface area contributed by atoms with Gasteiger partial charge in [0.1, 0.15) is 79.2 Å². The van der Waals surface area contributed by atoms with Crippen LogP contribution in [0.15, 0.2) is 88.8 Å². The number of hydrogen-bond acceptors (Lipinski definition) is 23. The first-order valence-electron chi connectivity index (χ1n) is 25.2. The summed E-state index contributed by atoms with van der Waals surface area (Å²) < 4.78 is 11.0. The number of rotatable bonds is 14. The number of benzene rings is 3. The van der Waals surface area contributed by atoms with Gasteiger partial charge in [0.15, 0.2) is 18.1 Å². The van der Waals surface area contributed by atoms with Gasteiger partial charge in [-0.15, -0.1) is 0 Å². The number of nitrogens with zero attached hydrogens (tertiary/aromatic N) is 3. The third-order valence-corrected chi connectivity index (χ3v) is 13.9. The number of phenols is 1. The maximum atomic E-state index is 15.0. The molecule has 7 rings (SSSR count). The smallest absolute Gasteiger partial charge is 0.412 e. The Bertz CT molecular complexity index is 2780. The van der Waals surface area contributed by atoms with E-state index in [0.717, 1.165) is 4.90 Å². The van der Waals surface area contributed by atoms with Gasteiger partial charge in [-0.1, -0.05) is 73.7 Å². The largest absolute Gasteiger partial charge is 0.506 e. The fourth-order valence-corrected chi connectivity index (χ4v) is 9.39. The standard InChI is InChI=1S/C50H65N13O17/c1-22(25-10-6-3-7-11-25)34-44(75)56-27(15-24-12-13-31(66)26(14-24)59-50(78)79-21-23-8-4-2-5-9-23)43(74)61-35(37(68)28-16-54-48(51)58-28)46(77)62-36(45(76)57-29(19-64)42(73)53-18-33(67)60-34)38(69)30-17-55-49(52)63(30)47-41(72)40(71)39(70)32(20-65)80-47/h2-14,22,27-30,32,34-41,47,64-66,68-72H,15-21H2,1H3,(H2,52,55)(H,53,73)(H,56,75)(H,57,76)(H,59,78)(H,60,67)(H,61,74)(H,62,77)(H3,51,54,58). The minimum absolute atomic E-state index is 0.139. The van der Waals surface area contributed by atoms with Crippen LogP contribution in [0.4, 0.5) is 10.5 Å². The Labute approximate surface area is 456 Å². The highest BCUT2D eigenvalue weighted by Gasteiger charge is 2.52. The third kappa shape index (κ3) is 14.1. The van der Waals surface area contributed by atoms with Gasteiger partial charge in [0.05, 0.1) is 50.6 Å². The average Bonchev–Trinajstić information content (AvgIpc) is 4.13. The molecule has 432 valence electrons. The lowest BCUT2D eigenvalue weighted by molar-refractivity contribution is -0.260. The van der Waals surface area contributed by atoms with Crippen molar-refractivity contribution in [2.45, 2.75) is 111 Å². The number of anilines is 1. The van der Waals surface area contributed by atoms with Gasteiger partial charge >= 0.3 is 6.09 Å². The van der Waals surface area contributed by atoms with Crippen molar-refractivity contribution < 1.29 is 83.9 Å².